The van der Waals surface area contributed by atoms with Gasteiger partial charge in [0.15, 0.2) is 0 Å². The molecule has 0 aromatic heterocycles. The van der Waals surface area contributed by atoms with Crippen molar-refractivity contribution < 1.29 is 3.63 Å². The largest absolute Gasteiger partial charge is 0.247 e. The molecule has 2 aliphatic carbocycles. The van der Waals surface area contributed by atoms with E-state index in [0.29, 0.717) is 0 Å². The van der Waals surface area contributed by atoms with Gasteiger partial charge >= 0.3 is 0 Å². The molecule has 0 spiro atoms. The van der Waals surface area contributed by atoms with Crippen molar-refractivity contribution in [1.29, 1.82) is 0 Å². The average Bonchev–Trinajstić information content (AvgIpc) is 2.61. The summed E-state index contributed by atoms with van der Waals surface area (Å²) in [7, 11) is 0. The van der Waals surface area contributed by atoms with Crippen LogP contribution in [0.15, 0.2) is 0 Å². The molecule has 2 fully saturated rings. The predicted molar refractivity (Wildman–Crippen MR) is 107 cm³/mol. The molecule has 2 saturated carbocycles. The topological polar surface area (TPSA) is 9.23 Å². The third-order valence-corrected chi connectivity index (χ3v) is 8.19. The quantitative estimate of drug-likeness (QED) is 0.369. The number of rotatable bonds is 10. The van der Waals surface area contributed by atoms with E-state index < -0.39 is 0 Å². The van der Waals surface area contributed by atoms with Crippen LogP contribution in [-0.4, -0.2) is 10.5 Å². The lowest BCUT2D eigenvalue weighted by molar-refractivity contribution is 0.333. The minimum absolute atomic E-state index is 0.737. The molecule has 1 nitrogen and oxygen atoms in total. The fourth-order valence-corrected chi connectivity index (χ4v) is 6.94. The second-order valence-electron chi connectivity index (χ2n) is 7.71. The molecule has 0 aromatic rings. The Morgan fingerprint density at radius 2 is 1.09 bits per heavy atom. The Balaban J connectivity index is 1.75. The van der Waals surface area contributed by atoms with Gasteiger partial charge in [-0.25, -0.2) is 3.63 Å². The molecular formula is C20H38OS2. The summed E-state index contributed by atoms with van der Waals surface area (Å²) in [5, 5.41) is 1.47. The van der Waals surface area contributed by atoms with E-state index in [4.69, 9.17) is 3.63 Å². The molecule has 2 unspecified atom stereocenters. The molecule has 0 bridgehead atoms. The Bertz CT molecular complexity index is 257. The molecule has 0 radical (unpaired) electrons. The number of hydrogen-bond acceptors (Lipinski definition) is 3. The summed E-state index contributed by atoms with van der Waals surface area (Å²) in [4.78, 5) is 0. The van der Waals surface area contributed by atoms with Gasteiger partial charge in [-0.1, -0.05) is 65.2 Å². The minimum atomic E-state index is 0.737. The lowest BCUT2D eigenvalue weighted by atomic mass is 9.85. The third-order valence-electron chi connectivity index (χ3n) is 5.82. The second kappa shape index (κ2) is 12.1. The second-order valence-corrected chi connectivity index (χ2v) is 9.85. The van der Waals surface area contributed by atoms with Gasteiger partial charge in [0, 0.05) is 34.6 Å². The number of hydrogen-bond donors (Lipinski definition) is 0. The highest BCUT2D eigenvalue weighted by atomic mass is 32.2. The highest BCUT2D eigenvalue weighted by molar-refractivity contribution is 8.08. The molecular weight excluding hydrogens is 320 g/mol. The van der Waals surface area contributed by atoms with Crippen LogP contribution in [-0.2, 0) is 3.63 Å². The van der Waals surface area contributed by atoms with Gasteiger partial charge in [-0.3, -0.25) is 0 Å². The Labute approximate surface area is 153 Å². The van der Waals surface area contributed by atoms with Crippen molar-refractivity contribution in [2.45, 2.75) is 114 Å². The first-order chi connectivity index (χ1) is 11.3. The van der Waals surface area contributed by atoms with E-state index in [2.05, 4.69) is 13.8 Å². The van der Waals surface area contributed by atoms with Gasteiger partial charge in [0.25, 0.3) is 0 Å². The highest BCUT2D eigenvalue weighted by Crippen LogP contribution is 2.41. The van der Waals surface area contributed by atoms with E-state index in [9.17, 15) is 0 Å². The summed E-state index contributed by atoms with van der Waals surface area (Å²) in [6.07, 6.45) is 19.7. The molecule has 0 N–H and O–H groups in total. The van der Waals surface area contributed by atoms with E-state index in [1.165, 1.54) is 89.9 Å². The Kier molecular flexibility index (Phi) is 10.5. The summed E-state index contributed by atoms with van der Waals surface area (Å²) in [6.45, 7) is 4.65. The SMILES string of the molecule is CCCC(SOSC(CCC)C1CCCCC1)C1CCCCC1. The fourth-order valence-electron chi connectivity index (χ4n) is 4.43. The molecule has 23 heavy (non-hydrogen) atoms. The normalized spacial score (nSPS) is 23.7. The predicted octanol–water partition coefficient (Wildman–Crippen LogP) is 7.80. The van der Waals surface area contributed by atoms with Crippen molar-refractivity contribution in [3.05, 3.63) is 0 Å². The molecule has 2 aliphatic rings. The van der Waals surface area contributed by atoms with Gasteiger partial charge in [0.05, 0.1) is 0 Å². The van der Waals surface area contributed by atoms with E-state index in [1.54, 1.807) is 0 Å². The maximum absolute atomic E-state index is 6.20. The van der Waals surface area contributed by atoms with Crippen molar-refractivity contribution in [3.63, 3.8) is 0 Å². The first-order valence-corrected chi connectivity index (χ1v) is 11.9. The van der Waals surface area contributed by atoms with E-state index in [1.807, 2.05) is 24.1 Å². The van der Waals surface area contributed by atoms with Crippen LogP contribution in [0.2, 0.25) is 0 Å². The zero-order valence-corrected chi connectivity index (χ0v) is 17.1. The fraction of sp³-hybridized carbons (Fsp3) is 1.00. The third kappa shape index (κ3) is 7.20. The molecule has 3 heteroatoms. The maximum Gasteiger partial charge on any atom is 0.0352 e. The zero-order chi connectivity index (χ0) is 16.3. The monoisotopic (exact) mass is 358 g/mol. The van der Waals surface area contributed by atoms with Gasteiger partial charge in [-0.2, -0.15) is 0 Å². The van der Waals surface area contributed by atoms with Crippen molar-refractivity contribution in [2.75, 3.05) is 0 Å². The van der Waals surface area contributed by atoms with Gasteiger partial charge in [0.2, 0.25) is 0 Å². The van der Waals surface area contributed by atoms with E-state index in [0.717, 1.165) is 22.3 Å². The van der Waals surface area contributed by atoms with Crippen molar-refractivity contribution in [1.82, 2.24) is 0 Å². The van der Waals surface area contributed by atoms with Crippen molar-refractivity contribution in [3.8, 4) is 0 Å². The maximum atomic E-state index is 6.20. The van der Waals surface area contributed by atoms with Gasteiger partial charge in [-0.15, -0.1) is 0 Å². The van der Waals surface area contributed by atoms with Crippen molar-refractivity contribution >= 4 is 24.1 Å². The summed E-state index contributed by atoms with van der Waals surface area (Å²) in [5.74, 6) is 1.82. The summed E-state index contributed by atoms with van der Waals surface area (Å²) in [6, 6.07) is 0. The first kappa shape index (κ1) is 20.0. The molecule has 0 heterocycles. The van der Waals surface area contributed by atoms with Gasteiger partial charge in [-0.05, 0) is 50.4 Å². The molecule has 2 rings (SSSR count). The Morgan fingerprint density at radius 3 is 1.43 bits per heavy atom. The van der Waals surface area contributed by atoms with Crippen LogP contribution in [0.4, 0.5) is 0 Å². The van der Waals surface area contributed by atoms with Crippen molar-refractivity contribution in [2.24, 2.45) is 11.8 Å². The van der Waals surface area contributed by atoms with Crippen LogP contribution in [0.5, 0.6) is 0 Å². The molecule has 2 atom stereocenters. The van der Waals surface area contributed by atoms with Crippen LogP contribution < -0.4 is 0 Å². The summed E-state index contributed by atoms with van der Waals surface area (Å²) >= 11 is 3.67. The first-order valence-electron chi connectivity index (χ1n) is 10.3. The van der Waals surface area contributed by atoms with E-state index >= 15 is 0 Å². The van der Waals surface area contributed by atoms with E-state index in [-0.39, 0.29) is 0 Å². The molecule has 0 aliphatic heterocycles. The van der Waals surface area contributed by atoms with Crippen LogP contribution in [0, 0.1) is 11.8 Å². The Morgan fingerprint density at radius 1 is 0.696 bits per heavy atom. The van der Waals surface area contributed by atoms with Crippen LogP contribution in [0.1, 0.15) is 104 Å². The Hall–Kier alpha value is 0.660. The molecule has 136 valence electrons. The zero-order valence-electron chi connectivity index (χ0n) is 15.4. The summed E-state index contributed by atoms with van der Waals surface area (Å²) < 4.78 is 6.20. The lowest BCUT2D eigenvalue weighted by Crippen LogP contribution is -2.22. The standard InChI is InChI=1S/C20H38OS2/c1-3-11-19(17-13-7-5-8-14-17)22-21-23-20(12-4-2)18-15-9-6-10-16-18/h17-20H,3-16H2,1-2H3. The molecule has 0 saturated heterocycles. The smallest absolute Gasteiger partial charge is 0.0352 e. The van der Waals surface area contributed by atoms with Gasteiger partial charge in [0.1, 0.15) is 0 Å². The minimum Gasteiger partial charge on any atom is -0.247 e. The van der Waals surface area contributed by atoms with Crippen LogP contribution in [0.25, 0.3) is 0 Å². The average molecular weight is 359 g/mol. The van der Waals surface area contributed by atoms with Gasteiger partial charge < -0.3 is 0 Å². The highest BCUT2D eigenvalue weighted by Gasteiger charge is 2.27. The van der Waals surface area contributed by atoms with Crippen LogP contribution in [0.3, 0.4) is 0 Å². The molecule has 0 amide bonds. The molecule has 0 aromatic carbocycles. The lowest BCUT2D eigenvalue weighted by Gasteiger charge is -2.31. The van der Waals surface area contributed by atoms with Crippen LogP contribution >= 0.6 is 24.1 Å². The summed E-state index contributed by atoms with van der Waals surface area (Å²) in [5.41, 5.74) is 0.